The van der Waals surface area contributed by atoms with Gasteiger partial charge in [0.1, 0.15) is 0 Å². The van der Waals surface area contributed by atoms with E-state index in [4.69, 9.17) is 9.47 Å². The molecular formula is C32H62N4O2S. The first kappa shape index (κ1) is 36.4. The quantitative estimate of drug-likeness (QED) is 0.343. The van der Waals surface area contributed by atoms with E-state index in [1.54, 1.807) is 14.2 Å². The van der Waals surface area contributed by atoms with E-state index in [1.165, 1.54) is 75.8 Å². The molecule has 0 radical (unpaired) electrons. The minimum Gasteiger partial charge on any atom is -0.384 e. The van der Waals surface area contributed by atoms with Crippen molar-refractivity contribution in [2.45, 2.75) is 89.9 Å². The van der Waals surface area contributed by atoms with Gasteiger partial charge in [0.25, 0.3) is 0 Å². The van der Waals surface area contributed by atoms with Crippen molar-refractivity contribution in [1.29, 1.82) is 0 Å². The maximum absolute atomic E-state index is 5.13. The zero-order chi connectivity index (χ0) is 28.6. The van der Waals surface area contributed by atoms with E-state index in [-0.39, 0.29) is 0 Å². The lowest BCUT2D eigenvalue weighted by molar-refractivity contribution is 0.0810. The van der Waals surface area contributed by atoms with Crippen molar-refractivity contribution in [3.63, 3.8) is 0 Å². The minimum absolute atomic E-state index is 0.476. The van der Waals surface area contributed by atoms with Crippen molar-refractivity contribution >= 4 is 11.8 Å². The Balaban J connectivity index is 0.000000330. The van der Waals surface area contributed by atoms with Gasteiger partial charge in [0.2, 0.25) is 0 Å². The predicted octanol–water partition coefficient (Wildman–Crippen LogP) is 5.56. The Morgan fingerprint density at radius 3 is 1.90 bits per heavy atom. The smallest absolute Gasteiger partial charge is 0.0696 e. The number of hydrogen-bond acceptors (Lipinski definition) is 7. The molecule has 39 heavy (non-hydrogen) atoms. The number of nitrogens with zero attached hydrogens (tertiary/aromatic N) is 1. The number of hydrogen-bond donors (Lipinski definition) is 3. The molecule has 0 bridgehead atoms. The number of ether oxygens (including phenoxy) is 2. The van der Waals surface area contributed by atoms with Crippen LogP contribution in [0.5, 0.6) is 0 Å². The van der Waals surface area contributed by atoms with Gasteiger partial charge in [-0.25, -0.2) is 0 Å². The molecule has 3 aliphatic rings. The van der Waals surface area contributed by atoms with Gasteiger partial charge in [0, 0.05) is 44.9 Å². The van der Waals surface area contributed by atoms with Gasteiger partial charge in [-0.2, -0.15) is 11.8 Å². The van der Waals surface area contributed by atoms with Crippen LogP contribution in [-0.4, -0.2) is 89.4 Å². The number of benzene rings is 1. The molecule has 0 aliphatic carbocycles. The molecule has 228 valence electrons. The third kappa shape index (κ3) is 17.7. The molecule has 2 atom stereocenters. The second-order valence-electron chi connectivity index (χ2n) is 10.4. The Hall–Kier alpha value is -0.670. The van der Waals surface area contributed by atoms with Crippen molar-refractivity contribution in [3.05, 3.63) is 35.4 Å². The van der Waals surface area contributed by atoms with Crippen LogP contribution in [0, 0.1) is 5.92 Å². The van der Waals surface area contributed by atoms with Gasteiger partial charge in [-0.3, -0.25) is 4.90 Å². The SMILES string of the molecule is CC.CCN(CC)Cc1ccc(CSC2CCNCC2)cc1.COC1CCCNC1.COCC1CCCNC1. The van der Waals surface area contributed by atoms with Crippen molar-refractivity contribution in [2.75, 3.05) is 73.2 Å². The maximum atomic E-state index is 5.13. The molecule has 0 saturated carbocycles. The summed E-state index contributed by atoms with van der Waals surface area (Å²) >= 11 is 2.13. The predicted molar refractivity (Wildman–Crippen MR) is 172 cm³/mol. The summed E-state index contributed by atoms with van der Waals surface area (Å²) in [7, 11) is 3.55. The first-order valence-electron chi connectivity index (χ1n) is 15.7. The molecule has 3 aliphatic heterocycles. The van der Waals surface area contributed by atoms with E-state index in [0.717, 1.165) is 56.3 Å². The number of thioether (sulfide) groups is 1. The molecule has 6 nitrogen and oxygen atoms in total. The molecule has 1 aromatic carbocycles. The number of nitrogens with one attached hydrogen (secondary N) is 3. The Kier molecular flexibility index (Phi) is 23.4. The van der Waals surface area contributed by atoms with E-state index in [0.29, 0.717) is 6.10 Å². The third-order valence-electron chi connectivity index (χ3n) is 7.48. The molecule has 1 aromatic rings. The van der Waals surface area contributed by atoms with E-state index in [1.807, 2.05) is 13.8 Å². The average Bonchev–Trinajstić information content (AvgIpc) is 3.02. The van der Waals surface area contributed by atoms with Crippen LogP contribution in [0.4, 0.5) is 0 Å². The van der Waals surface area contributed by atoms with Gasteiger partial charge < -0.3 is 25.4 Å². The van der Waals surface area contributed by atoms with Gasteiger partial charge in [-0.05, 0) is 94.8 Å². The van der Waals surface area contributed by atoms with Gasteiger partial charge in [-0.15, -0.1) is 0 Å². The fourth-order valence-corrected chi connectivity index (χ4v) is 6.14. The largest absolute Gasteiger partial charge is 0.384 e. The zero-order valence-corrected chi connectivity index (χ0v) is 27.1. The van der Waals surface area contributed by atoms with Crippen molar-refractivity contribution < 1.29 is 9.47 Å². The molecular weight excluding hydrogens is 504 g/mol. The summed E-state index contributed by atoms with van der Waals surface area (Å²) in [5, 5.41) is 10.9. The summed E-state index contributed by atoms with van der Waals surface area (Å²) in [5.41, 5.74) is 2.90. The summed E-state index contributed by atoms with van der Waals surface area (Å²) in [6.07, 6.45) is 8.26. The van der Waals surface area contributed by atoms with Gasteiger partial charge in [0.05, 0.1) is 12.7 Å². The highest BCUT2D eigenvalue weighted by Gasteiger charge is 2.13. The number of piperidine rings is 3. The highest BCUT2D eigenvalue weighted by Crippen LogP contribution is 2.24. The standard InChI is InChI=1S/C17H28N2S.C7H15NO.C6H13NO.C2H6/c1-3-19(4-2)13-15-5-7-16(8-6-15)14-20-17-9-11-18-12-10-17;1-9-6-7-3-2-4-8-5-7;1-8-6-3-2-4-7-5-6;1-2/h5-8,17-18H,3-4,9-14H2,1-2H3;7-8H,2-6H2,1H3;6-7H,2-5H2,1H3;1-2H3. The molecule has 2 unspecified atom stereocenters. The van der Waals surface area contributed by atoms with Gasteiger partial charge in [-0.1, -0.05) is 52.0 Å². The Morgan fingerprint density at radius 2 is 1.41 bits per heavy atom. The van der Waals surface area contributed by atoms with Crippen LogP contribution in [0.2, 0.25) is 0 Å². The molecule has 3 saturated heterocycles. The summed E-state index contributed by atoms with van der Waals surface area (Å²) in [6, 6.07) is 9.23. The highest BCUT2D eigenvalue weighted by molar-refractivity contribution is 7.99. The Bertz CT molecular complexity index is 639. The summed E-state index contributed by atoms with van der Waals surface area (Å²) in [5.74, 6) is 1.93. The summed E-state index contributed by atoms with van der Waals surface area (Å²) in [6.45, 7) is 19.7. The van der Waals surface area contributed by atoms with E-state index >= 15 is 0 Å². The van der Waals surface area contributed by atoms with Crippen LogP contribution in [0.1, 0.15) is 77.3 Å². The lowest BCUT2D eigenvalue weighted by atomic mass is 10.0. The molecule has 0 amide bonds. The van der Waals surface area contributed by atoms with E-state index < -0.39 is 0 Å². The minimum atomic E-state index is 0.476. The van der Waals surface area contributed by atoms with Crippen LogP contribution in [-0.2, 0) is 21.8 Å². The Morgan fingerprint density at radius 1 is 0.795 bits per heavy atom. The monoisotopic (exact) mass is 566 g/mol. The topological polar surface area (TPSA) is 57.8 Å². The maximum Gasteiger partial charge on any atom is 0.0696 e. The summed E-state index contributed by atoms with van der Waals surface area (Å²) in [4.78, 5) is 2.46. The average molecular weight is 567 g/mol. The van der Waals surface area contributed by atoms with Gasteiger partial charge in [0.15, 0.2) is 0 Å². The molecule has 0 spiro atoms. The summed E-state index contributed by atoms with van der Waals surface area (Å²) < 4.78 is 10.2. The highest BCUT2D eigenvalue weighted by atomic mass is 32.2. The first-order chi connectivity index (χ1) is 19.2. The lowest BCUT2D eigenvalue weighted by Gasteiger charge is -2.22. The number of rotatable bonds is 10. The van der Waals surface area contributed by atoms with Crippen molar-refractivity contribution in [3.8, 4) is 0 Å². The van der Waals surface area contributed by atoms with Crippen LogP contribution in [0.3, 0.4) is 0 Å². The van der Waals surface area contributed by atoms with Crippen LogP contribution in [0.15, 0.2) is 24.3 Å². The normalized spacial score (nSPS) is 21.5. The second-order valence-corrected chi connectivity index (χ2v) is 11.7. The van der Waals surface area contributed by atoms with Crippen molar-refractivity contribution in [1.82, 2.24) is 20.9 Å². The van der Waals surface area contributed by atoms with Gasteiger partial charge >= 0.3 is 0 Å². The van der Waals surface area contributed by atoms with E-state index in [2.05, 4.69) is 70.7 Å². The molecule has 0 aromatic heterocycles. The van der Waals surface area contributed by atoms with Crippen molar-refractivity contribution in [2.24, 2.45) is 5.92 Å². The van der Waals surface area contributed by atoms with Crippen LogP contribution < -0.4 is 16.0 Å². The first-order valence-corrected chi connectivity index (χ1v) is 16.8. The fraction of sp³-hybridized carbons (Fsp3) is 0.812. The molecule has 3 heterocycles. The Labute approximate surface area is 246 Å². The van der Waals surface area contributed by atoms with Crippen LogP contribution in [0.25, 0.3) is 0 Å². The van der Waals surface area contributed by atoms with Crippen LogP contribution >= 0.6 is 11.8 Å². The lowest BCUT2D eigenvalue weighted by Crippen LogP contribution is -2.34. The second kappa shape index (κ2) is 25.1. The zero-order valence-electron chi connectivity index (χ0n) is 26.2. The van der Waals surface area contributed by atoms with E-state index in [9.17, 15) is 0 Å². The molecule has 3 N–H and O–H groups in total. The molecule has 4 rings (SSSR count). The number of methoxy groups -OCH3 is 2. The third-order valence-corrected chi connectivity index (χ3v) is 8.92. The fourth-order valence-electron chi connectivity index (χ4n) is 4.95. The molecule has 3 fully saturated rings. The molecule has 7 heteroatoms.